The zero-order valence-electron chi connectivity index (χ0n) is 16.4. The highest BCUT2D eigenvalue weighted by atomic mass is 16.5. The van der Waals surface area contributed by atoms with Crippen LogP contribution in [0.15, 0.2) is 54.7 Å². The standard InChI is InChI=1S/C21H24N4O3/c1-14(2)28-17-8-5-15(6-9-17)24-21-22-12-11-20(25-21)23-16-7-10-18(26-3)19(13-16)27-4/h5-14H,1-4H3,(H2,22,23,24,25). The highest BCUT2D eigenvalue weighted by Crippen LogP contribution is 2.31. The first kappa shape index (κ1) is 19.3. The average molecular weight is 380 g/mol. The molecule has 0 saturated heterocycles. The van der Waals surface area contributed by atoms with E-state index in [-0.39, 0.29) is 6.10 Å². The van der Waals surface area contributed by atoms with E-state index in [1.807, 2.05) is 56.3 Å². The van der Waals surface area contributed by atoms with Crippen molar-refractivity contribution in [1.29, 1.82) is 0 Å². The molecule has 146 valence electrons. The minimum Gasteiger partial charge on any atom is -0.493 e. The van der Waals surface area contributed by atoms with E-state index >= 15 is 0 Å². The Bertz CT molecular complexity index is 914. The Morgan fingerprint density at radius 3 is 2.21 bits per heavy atom. The van der Waals surface area contributed by atoms with Gasteiger partial charge in [0.05, 0.1) is 20.3 Å². The number of hydrogen-bond donors (Lipinski definition) is 2. The molecular weight excluding hydrogens is 356 g/mol. The fourth-order valence-corrected chi connectivity index (χ4v) is 2.57. The van der Waals surface area contributed by atoms with Gasteiger partial charge in [-0.05, 0) is 56.3 Å². The van der Waals surface area contributed by atoms with Crippen LogP contribution in [0.4, 0.5) is 23.1 Å². The molecule has 2 N–H and O–H groups in total. The summed E-state index contributed by atoms with van der Waals surface area (Å²) in [6.45, 7) is 3.99. The van der Waals surface area contributed by atoms with Gasteiger partial charge in [0, 0.05) is 23.6 Å². The Balaban J connectivity index is 1.70. The van der Waals surface area contributed by atoms with Crippen LogP contribution in [0.5, 0.6) is 17.2 Å². The Morgan fingerprint density at radius 2 is 1.54 bits per heavy atom. The normalized spacial score (nSPS) is 10.5. The summed E-state index contributed by atoms with van der Waals surface area (Å²) in [4.78, 5) is 8.77. The van der Waals surface area contributed by atoms with E-state index in [0.29, 0.717) is 23.3 Å². The number of hydrogen-bond acceptors (Lipinski definition) is 7. The van der Waals surface area contributed by atoms with Gasteiger partial charge in [-0.1, -0.05) is 0 Å². The Labute approximate surface area is 164 Å². The summed E-state index contributed by atoms with van der Waals surface area (Å²) in [6.07, 6.45) is 1.83. The van der Waals surface area contributed by atoms with E-state index < -0.39 is 0 Å². The molecule has 0 radical (unpaired) electrons. The molecule has 0 aliphatic rings. The van der Waals surface area contributed by atoms with Gasteiger partial charge in [-0.3, -0.25) is 0 Å². The van der Waals surface area contributed by atoms with Crippen LogP contribution in [0.3, 0.4) is 0 Å². The van der Waals surface area contributed by atoms with E-state index in [2.05, 4.69) is 20.6 Å². The van der Waals surface area contributed by atoms with Gasteiger partial charge in [0.15, 0.2) is 11.5 Å². The fraction of sp³-hybridized carbons (Fsp3) is 0.238. The second kappa shape index (κ2) is 8.94. The Kier molecular flexibility index (Phi) is 6.16. The zero-order chi connectivity index (χ0) is 19.9. The smallest absolute Gasteiger partial charge is 0.229 e. The van der Waals surface area contributed by atoms with E-state index in [4.69, 9.17) is 14.2 Å². The summed E-state index contributed by atoms with van der Waals surface area (Å²) >= 11 is 0. The minimum absolute atomic E-state index is 0.140. The van der Waals surface area contributed by atoms with Crippen molar-refractivity contribution in [1.82, 2.24) is 9.97 Å². The summed E-state index contributed by atoms with van der Waals surface area (Å²) in [6, 6.07) is 15.0. The maximum Gasteiger partial charge on any atom is 0.229 e. The number of benzene rings is 2. The maximum atomic E-state index is 5.65. The Hall–Kier alpha value is -3.48. The number of aromatic nitrogens is 2. The molecule has 0 aliphatic heterocycles. The van der Waals surface area contributed by atoms with Crippen LogP contribution in [-0.2, 0) is 0 Å². The molecule has 2 aromatic carbocycles. The van der Waals surface area contributed by atoms with Crippen LogP contribution >= 0.6 is 0 Å². The van der Waals surface area contributed by atoms with E-state index in [9.17, 15) is 0 Å². The molecule has 0 amide bonds. The molecule has 0 spiro atoms. The van der Waals surface area contributed by atoms with Crippen molar-refractivity contribution in [2.75, 3.05) is 24.9 Å². The number of nitrogens with zero attached hydrogens (tertiary/aromatic N) is 2. The zero-order valence-corrected chi connectivity index (χ0v) is 16.4. The highest BCUT2D eigenvalue weighted by molar-refractivity contribution is 5.63. The summed E-state index contributed by atoms with van der Waals surface area (Å²) in [5.74, 6) is 3.28. The monoisotopic (exact) mass is 380 g/mol. The lowest BCUT2D eigenvalue weighted by atomic mass is 10.2. The van der Waals surface area contributed by atoms with Gasteiger partial charge in [0.1, 0.15) is 11.6 Å². The van der Waals surface area contributed by atoms with Gasteiger partial charge in [-0.25, -0.2) is 4.98 Å². The van der Waals surface area contributed by atoms with Crippen LogP contribution in [0.25, 0.3) is 0 Å². The third-order valence-electron chi connectivity index (χ3n) is 3.79. The second-order valence-electron chi connectivity index (χ2n) is 6.28. The first-order chi connectivity index (χ1) is 13.6. The molecule has 28 heavy (non-hydrogen) atoms. The van der Waals surface area contributed by atoms with Gasteiger partial charge < -0.3 is 24.8 Å². The Morgan fingerprint density at radius 1 is 0.821 bits per heavy atom. The summed E-state index contributed by atoms with van der Waals surface area (Å²) < 4.78 is 16.2. The van der Waals surface area contributed by atoms with Crippen LogP contribution < -0.4 is 24.8 Å². The number of ether oxygens (including phenoxy) is 3. The molecule has 0 aliphatic carbocycles. The predicted octanol–water partition coefficient (Wildman–Crippen LogP) is 4.77. The number of nitrogens with one attached hydrogen (secondary N) is 2. The highest BCUT2D eigenvalue weighted by Gasteiger charge is 2.06. The number of anilines is 4. The summed E-state index contributed by atoms with van der Waals surface area (Å²) in [5.41, 5.74) is 1.71. The van der Waals surface area contributed by atoms with Crippen LogP contribution in [0.1, 0.15) is 13.8 Å². The van der Waals surface area contributed by atoms with Gasteiger partial charge in [-0.15, -0.1) is 0 Å². The van der Waals surface area contributed by atoms with Crippen molar-refractivity contribution in [3.8, 4) is 17.2 Å². The molecule has 3 aromatic rings. The third kappa shape index (κ3) is 5.03. The first-order valence-corrected chi connectivity index (χ1v) is 8.93. The van der Waals surface area contributed by atoms with Crippen molar-refractivity contribution in [2.45, 2.75) is 20.0 Å². The van der Waals surface area contributed by atoms with Gasteiger partial charge in [0.25, 0.3) is 0 Å². The predicted molar refractivity (Wildman–Crippen MR) is 110 cm³/mol. The largest absolute Gasteiger partial charge is 0.493 e. The molecule has 0 atom stereocenters. The molecule has 3 rings (SSSR count). The minimum atomic E-state index is 0.140. The molecule has 0 bridgehead atoms. The molecule has 7 nitrogen and oxygen atoms in total. The van der Waals surface area contributed by atoms with Crippen LogP contribution in [-0.4, -0.2) is 30.3 Å². The van der Waals surface area contributed by atoms with Crippen molar-refractivity contribution >= 4 is 23.1 Å². The van der Waals surface area contributed by atoms with E-state index in [1.165, 1.54) is 0 Å². The van der Waals surface area contributed by atoms with Gasteiger partial charge in [-0.2, -0.15) is 4.98 Å². The third-order valence-corrected chi connectivity index (χ3v) is 3.79. The maximum absolute atomic E-state index is 5.65. The lowest BCUT2D eigenvalue weighted by molar-refractivity contribution is 0.242. The fourth-order valence-electron chi connectivity index (χ4n) is 2.57. The number of methoxy groups -OCH3 is 2. The average Bonchev–Trinajstić information content (AvgIpc) is 2.69. The molecule has 1 heterocycles. The lowest BCUT2D eigenvalue weighted by Crippen LogP contribution is -2.05. The molecule has 0 unspecified atom stereocenters. The quantitative estimate of drug-likeness (QED) is 0.583. The van der Waals surface area contributed by atoms with Gasteiger partial charge >= 0.3 is 0 Å². The summed E-state index contributed by atoms with van der Waals surface area (Å²) in [7, 11) is 3.21. The van der Waals surface area contributed by atoms with Gasteiger partial charge in [0.2, 0.25) is 5.95 Å². The second-order valence-corrected chi connectivity index (χ2v) is 6.28. The topological polar surface area (TPSA) is 77.5 Å². The molecule has 7 heteroatoms. The molecule has 0 fully saturated rings. The van der Waals surface area contributed by atoms with Crippen LogP contribution in [0, 0.1) is 0 Å². The molecule has 1 aromatic heterocycles. The number of rotatable bonds is 8. The summed E-state index contributed by atoms with van der Waals surface area (Å²) in [5, 5.41) is 6.43. The van der Waals surface area contributed by atoms with Crippen molar-refractivity contribution in [3.63, 3.8) is 0 Å². The lowest BCUT2D eigenvalue weighted by Gasteiger charge is -2.12. The van der Waals surface area contributed by atoms with Crippen molar-refractivity contribution in [3.05, 3.63) is 54.7 Å². The molecule has 0 saturated carbocycles. The van der Waals surface area contributed by atoms with E-state index in [1.54, 1.807) is 26.5 Å². The van der Waals surface area contributed by atoms with Crippen molar-refractivity contribution < 1.29 is 14.2 Å². The van der Waals surface area contributed by atoms with Crippen LogP contribution in [0.2, 0.25) is 0 Å². The van der Waals surface area contributed by atoms with E-state index in [0.717, 1.165) is 17.1 Å². The SMILES string of the molecule is COc1ccc(Nc2ccnc(Nc3ccc(OC(C)C)cc3)n2)cc1OC. The van der Waals surface area contributed by atoms with Crippen molar-refractivity contribution in [2.24, 2.45) is 0 Å². The molecular formula is C21H24N4O3. The first-order valence-electron chi connectivity index (χ1n) is 8.93.